The van der Waals surface area contributed by atoms with Crippen LogP contribution >= 0.6 is 15.9 Å². The smallest absolute Gasteiger partial charge is 0.314 e. The molecular weight excluding hydrogens is 324 g/mol. The fourth-order valence-electron chi connectivity index (χ4n) is 2.45. The molecule has 108 valence electrons. The van der Waals surface area contributed by atoms with E-state index >= 15 is 0 Å². The molecule has 0 radical (unpaired) electrons. The summed E-state index contributed by atoms with van der Waals surface area (Å²) >= 11 is 3.47. The molecule has 0 amide bonds. The Hall–Kier alpha value is -1.07. The first-order valence-corrected chi connectivity index (χ1v) is 7.49. The fourth-order valence-corrected chi connectivity index (χ4v) is 2.95. The standard InChI is InChI=1S/C15H17BrO4/c1-14(7-19-8-14)9-20-12-3-2-10(6-11(12)16)15(4-5-15)13(17)18/h2-3,6H,4-5,7-9H2,1H3,(H,17,18). The number of benzene rings is 1. The second-order valence-corrected chi connectivity index (χ2v) is 6.98. The minimum Gasteiger partial charge on any atom is -0.492 e. The third kappa shape index (κ3) is 2.33. The summed E-state index contributed by atoms with van der Waals surface area (Å²) in [5.41, 5.74) is 0.272. The lowest BCUT2D eigenvalue weighted by atomic mass is 9.90. The van der Waals surface area contributed by atoms with Gasteiger partial charge in [-0.15, -0.1) is 0 Å². The van der Waals surface area contributed by atoms with Gasteiger partial charge < -0.3 is 14.6 Å². The van der Waals surface area contributed by atoms with Gasteiger partial charge in [0.2, 0.25) is 0 Å². The van der Waals surface area contributed by atoms with Gasteiger partial charge in [0.05, 0.1) is 29.7 Å². The van der Waals surface area contributed by atoms with Crippen molar-refractivity contribution in [1.29, 1.82) is 0 Å². The van der Waals surface area contributed by atoms with Gasteiger partial charge in [-0.1, -0.05) is 13.0 Å². The Labute approximate surface area is 126 Å². The van der Waals surface area contributed by atoms with Crippen LogP contribution in [0.3, 0.4) is 0 Å². The number of hydrogen-bond acceptors (Lipinski definition) is 3. The molecule has 3 rings (SSSR count). The molecule has 0 spiro atoms. The topological polar surface area (TPSA) is 55.8 Å². The minimum absolute atomic E-state index is 0.0941. The minimum atomic E-state index is -0.739. The molecule has 1 aromatic carbocycles. The second kappa shape index (κ2) is 4.74. The van der Waals surface area contributed by atoms with Crippen molar-refractivity contribution < 1.29 is 19.4 Å². The first-order valence-electron chi connectivity index (χ1n) is 6.69. The number of carbonyl (C=O) groups is 1. The second-order valence-electron chi connectivity index (χ2n) is 6.12. The van der Waals surface area contributed by atoms with Crippen LogP contribution in [0.15, 0.2) is 22.7 Å². The molecule has 0 bridgehead atoms. The van der Waals surface area contributed by atoms with E-state index in [4.69, 9.17) is 9.47 Å². The lowest BCUT2D eigenvalue weighted by molar-refractivity contribution is -0.140. The summed E-state index contributed by atoms with van der Waals surface area (Å²) in [7, 11) is 0. The van der Waals surface area contributed by atoms with Gasteiger partial charge >= 0.3 is 5.97 Å². The van der Waals surface area contributed by atoms with Gasteiger partial charge in [-0.2, -0.15) is 0 Å². The van der Waals surface area contributed by atoms with Crippen molar-refractivity contribution in [3.8, 4) is 5.75 Å². The monoisotopic (exact) mass is 340 g/mol. The molecule has 5 heteroatoms. The SMILES string of the molecule is CC1(COc2ccc(C3(C(=O)O)CC3)cc2Br)COC1. The van der Waals surface area contributed by atoms with Gasteiger partial charge in [0.15, 0.2) is 0 Å². The van der Waals surface area contributed by atoms with E-state index in [0.29, 0.717) is 19.4 Å². The Morgan fingerprint density at radius 3 is 2.60 bits per heavy atom. The largest absolute Gasteiger partial charge is 0.492 e. The third-order valence-electron chi connectivity index (χ3n) is 4.12. The maximum atomic E-state index is 11.3. The Morgan fingerprint density at radius 1 is 1.45 bits per heavy atom. The molecule has 1 N–H and O–H groups in total. The van der Waals surface area contributed by atoms with Crippen LogP contribution < -0.4 is 4.74 Å². The summed E-state index contributed by atoms with van der Waals surface area (Å²) in [5.74, 6) is 0.0141. The molecule has 1 aliphatic carbocycles. The highest BCUT2D eigenvalue weighted by Gasteiger charge is 2.51. The molecule has 1 saturated carbocycles. The first-order chi connectivity index (χ1) is 9.45. The maximum Gasteiger partial charge on any atom is 0.314 e. The quantitative estimate of drug-likeness (QED) is 0.895. The van der Waals surface area contributed by atoms with Crippen LogP contribution in [0.1, 0.15) is 25.3 Å². The van der Waals surface area contributed by atoms with Crippen LogP contribution in [0.2, 0.25) is 0 Å². The highest BCUT2D eigenvalue weighted by molar-refractivity contribution is 9.10. The third-order valence-corrected chi connectivity index (χ3v) is 4.74. The summed E-state index contributed by atoms with van der Waals surface area (Å²) in [4.78, 5) is 11.3. The summed E-state index contributed by atoms with van der Waals surface area (Å²) < 4.78 is 11.8. The molecule has 1 aliphatic heterocycles. The zero-order valence-electron chi connectivity index (χ0n) is 11.3. The van der Waals surface area contributed by atoms with Gasteiger partial charge in [0.1, 0.15) is 5.75 Å². The number of aliphatic carboxylic acids is 1. The predicted molar refractivity (Wildman–Crippen MR) is 77.1 cm³/mol. The van der Waals surface area contributed by atoms with Crippen LogP contribution in [-0.4, -0.2) is 30.9 Å². The highest BCUT2D eigenvalue weighted by Crippen LogP contribution is 2.49. The Kier molecular flexibility index (Phi) is 3.29. The van der Waals surface area contributed by atoms with Crippen LogP contribution in [0.25, 0.3) is 0 Å². The molecule has 0 atom stereocenters. The number of rotatable bonds is 5. The van der Waals surface area contributed by atoms with Crippen molar-refractivity contribution in [3.05, 3.63) is 28.2 Å². The van der Waals surface area contributed by atoms with Crippen LogP contribution in [0.4, 0.5) is 0 Å². The number of ether oxygens (including phenoxy) is 2. The Bertz CT molecular complexity index is 547. The zero-order valence-corrected chi connectivity index (χ0v) is 12.9. The van der Waals surface area contributed by atoms with E-state index in [-0.39, 0.29) is 5.41 Å². The number of carboxylic acid groups (broad SMARTS) is 1. The molecule has 1 heterocycles. The van der Waals surface area contributed by atoms with E-state index in [0.717, 1.165) is 29.0 Å². The summed E-state index contributed by atoms with van der Waals surface area (Å²) in [5, 5.41) is 9.31. The first kappa shape index (κ1) is 13.9. The summed E-state index contributed by atoms with van der Waals surface area (Å²) in [6.07, 6.45) is 1.43. The van der Waals surface area contributed by atoms with Crippen LogP contribution in [0, 0.1) is 5.41 Å². The van der Waals surface area contributed by atoms with Gasteiger partial charge in [-0.05, 0) is 46.5 Å². The molecular formula is C15H17BrO4. The van der Waals surface area contributed by atoms with Gasteiger partial charge in [0, 0.05) is 5.41 Å². The van der Waals surface area contributed by atoms with E-state index in [1.54, 1.807) is 0 Å². The van der Waals surface area contributed by atoms with Crippen molar-refractivity contribution in [1.82, 2.24) is 0 Å². The lowest BCUT2D eigenvalue weighted by Crippen LogP contribution is -2.44. The van der Waals surface area contributed by atoms with E-state index in [9.17, 15) is 9.90 Å². The molecule has 2 aliphatic rings. The normalized spacial score (nSPS) is 21.9. The van der Waals surface area contributed by atoms with Crippen molar-refractivity contribution >= 4 is 21.9 Å². The average molecular weight is 341 g/mol. The van der Waals surface area contributed by atoms with E-state index in [2.05, 4.69) is 22.9 Å². The van der Waals surface area contributed by atoms with E-state index in [1.165, 1.54) is 0 Å². The van der Waals surface area contributed by atoms with Crippen LogP contribution in [-0.2, 0) is 14.9 Å². The van der Waals surface area contributed by atoms with Crippen molar-refractivity contribution in [2.24, 2.45) is 5.41 Å². The summed E-state index contributed by atoms with van der Waals surface area (Å²) in [6, 6.07) is 5.59. The molecule has 4 nitrogen and oxygen atoms in total. The molecule has 1 aromatic rings. The van der Waals surface area contributed by atoms with Crippen molar-refractivity contribution in [2.45, 2.75) is 25.2 Å². The lowest BCUT2D eigenvalue weighted by Gasteiger charge is -2.37. The van der Waals surface area contributed by atoms with E-state index in [1.807, 2.05) is 18.2 Å². The van der Waals surface area contributed by atoms with Gasteiger partial charge in [-0.3, -0.25) is 4.79 Å². The molecule has 1 saturated heterocycles. The maximum absolute atomic E-state index is 11.3. The zero-order chi connectivity index (χ0) is 14.4. The molecule has 0 aromatic heterocycles. The summed E-state index contributed by atoms with van der Waals surface area (Å²) in [6.45, 7) is 4.19. The molecule has 20 heavy (non-hydrogen) atoms. The average Bonchev–Trinajstić information content (AvgIpc) is 3.16. The number of hydrogen-bond donors (Lipinski definition) is 1. The van der Waals surface area contributed by atoms with Crippen molar-refractivity contribution in [3.63, 3.8) is 0 Å². The van der Waals surface area contributed by atoms with Gasteiger partial charge in [0.25, 0.3) is 0 Å². The fraction of sp³-hybridized carbons (Fsp3) is 0.533. The van der Waals surface area contributed by atoms with E-state index < -0.39 is 11.4 Å². The molecule has 0 unspecified atom stereocenters. The Morgan fingerprint density at radius 2 is 2.15 bits per heavy atom. The number of halogens is 1. The Balaban J connectivity index is 1.73. The molecule has 2 fully saturated rings. The highest BCUT2D eigenvalue weighted by atomic mass is 79.9. The van der Waals surface area contributed by atoms with Gasteiger partial charge in [-0.25, -0.2) is 0 Å². The number of carboxylic acids is 1. The van der Waals surface area contributed by atoms with Crippen LogP contribution in [0.5, 0.6) is 5.75 Å². The van der Waals surface area contributed by atoms with Crippen molar-refractivity contribution in [2.75, 3.05) is 19.8 Å². The predicted octanol–water partition coefficient (Wildman–Crippen LogP) is 2.98.